The molecule has 0 aliphatic carbocycles. The summed E-state index contributed by atoms with van der Waals surface area (Å²) in [7, 11) is 0. The first kappa shape index (κ1) is 9.95. The summed E-state index contributed by atoms with van der Waals surface area (Å²) in [6, 6.07) is 7.28. The molecule has 1 rings (SSSR count). The fraction of sp³-hybridized carbons (Fsp3) is 0. The Morgan fingerprint density at radius 1 is 1.62 bits per heavy atom. The highest BCUT2D eigenvalue weighted by molar-refractivity contribution is 7.80. The number of halogens is 1. The highest BCUT2D eigenvalue weighted by Crippen LogP contribution is 2.08. The van der Waals surface area contributed by atoms with Crippen LogP contribution in [-0.2, 0) is 0 Å². The number of hydrazone groups is 1. The van der Waals surface area contributed by atoms with Gasteiger partial charge in [-0.1, -0.05) is 23.7 Å². The van der Waals surface area contributed by atoms with Crippen LogP contribution in [0.5, 0.6) is 0 Å². The molecular formula is C8H8ClN3S. The van der Waals surface area contributed by atoms with Gasteiger partial charge in [0.15, 0.2) is 5.11 Å². The van der Waals surface area contributed by atoms with E-state index >= 15 is 0 Å². The summed E-state index contributed by atoms with van der Waals surface area (Å²) in [6.07, 6.45) is 1.59. The van der Waals surface area contributed by atoms with Gasteiger partial charge in [-0.05, 0) is 29.9 Å². The first-order chi connectivity index (χ1) is 6.18. The van der Waals surface area contributed by atoms with Gasteiger partial charge in [-0.2, -0.15) is 5.10 Å². The minimum Gasteiger partial charge on any atom is -0.375 e. The third-order valence-electron chi connectivity index (χ3n) is 1.24. The molecule has 3 nitrogen and oxygen atoms in total. The van der Waals surface area contributed by atoms with Crippen molar-refractivity contribution in [3.8, 4) is 0 Å². The minimum atomic E-state index is 0.137. The van der Waals surface area contributed by atoms with Gasteiger partial charge in [0.05, 0.1) is 6.21 Å². The SMILES string of the molecule is NC(=S)N/N=C/c1cccc(Cl)c1. The molecular weight excluding hydrogens is 206 g/mol. The molecule has 1 aromatic rings. The van der Waals surface area contributed by atoms with E-state index in [1.807, 2.05) is 12.1 Å². The van der Waals surface area contributed by atoms with Crippen LogP contribution in [-0.4, -0.2) is 11.3 Å². The summed E-state index contributed by atoms with van der Waals surface area (Å²) in [4.78, 5) is 0. The summed E-state index contributed by atoms with van der Waals surface area (Å²) in [5, 5.41) is 4.59. The second-order valence-corrected chi connectivity index (χ2v) is 3.17. The van der Waals surface area contributed by atoms with E-state index in [1.54, 1.807) is 18.3 Å². The van der Waals surface area contributed by atoms with E-state index < -0.39 is 0 Å². The maximum absolute atomic E-state index is 5.75. The van der Waals surface area contributed by atoms with E-state index in [9.17, 15) is 0 Å². The quantitative estimate of drug-likeness (QED) is 0.445. The third-order valence-corrected chi connectivity index (χ3v) is 1.56. The molecule has 0 saturated carbocycles. The van der Waals surface area contributed by atoms with Gasteiger partial charge in [-0.25, -0.2) is 0 Å². The number of thiocarbonyl (C=S) groups is 1. The Morgan fingerprint density at radius 2 is 2.38 bits per heavy atom. The molecule has 0 heterocycles. The summed E-state index contributed by atoms with van der Waals surface area (Å²) >= 11 is 10.3. The Morgan fingerprint density at radius 3 is 3.00 bits per heavy atom. The summed E-state index contributed by atoms with van der Waals surface area (Å²) in [5.41, 5.74) is 8.50. The molecule has 1 aromatic carbocycles. The Labute approximate surface area is 86.6 Å². The standard InChI is InChI=1S/C8H8ClN3S/c9-7-3-1-2-6(4-7)5-11-12-8(10)13/h1-5H,(H3,10,12,13)/b11-5+. The normalized spacial score (nSPS) is 10.2. The van der Waals surface area contributed by atoms with E-state index in [0.29, 0.717) is 5.02 Å². The zero-order valence-corrected chi connectivity index (χ0v) is 8.27. The van der Waals surface area contributed by atoms with Crippen LogP contribution in [0.25, 0.3) is 0 Å². The molecule has 0 radical (unpaired) electrons. The fourth-order valence-corrected chi connectivity index (χ4v) is 1.01. The molecule has 0 atom stereocenters. The number of hydrogen-bond acceptors (Lipinski definition) is 2. The van der Waals surface area contributed by atoms with Crippen molar-refractivity contribution in [2.24, 2.45) is 10.8 Å². The Hall–Kier alpha value is -1.13. The van der Waals surface area contributed by atoms with Crippen LogP contribution in [0.4, 0.5) is 0 Å². The van der Waals surface area contributed by atoms with Crippen molar-refractivity contribution in [1.29, 1.82) is 0 Å². The Bertz CT molecular complexity index is 338. The zero-order valence-electron chi connectivity index (χ0n) is 6.70. The van der Waals surface area contributed by atoms with Gasteiger partial charge in [0.2, 0.25) is 0 Å². The van der Waals surface area contributed by atoms with Crippen molar-refractivity contribution >= 4 is 35.1 Å². The molecule has 0 aliphatic heterocycles. The Kier molecular flexibility index (Phi) is 3.67. The van der Waals surface area contributed by atoms with Gasteiger partial charge in [0, 0.05) is 5.02 Å². The van der Waals surface area contributed by atoms with Crippen molar-refractivity contribution < 1.29 is 0 Å². The van der Waals surface area contributed by atoms with Crippen LogP contribution < -0.4 is 11.2 Å². The topological polar surface area (TPSA) is 50.4 Å². The van der Waals surface area contributed by atoms with Crippen molar-refractivity contribution in [3.05, 3.63) is 34.9 Å². The van der Waals surface area contributed by atoms with E-state index in [4.69, 9.17) is 17.3 Å². The number of rotatable bonds is 2. The molecule has 0 spiro atoms. The largest absolute Gasteiger partial charge is 0.375 e. The first-order valence-corrected chi connectivity index (χ1v) is 4.31. The minimum absolute atomic E-state index is 0.137. The van der Waals surface area contributed by atoms with Gasteiger partial charge in [0.1, 0.15) is 0 Å². The van der Waals surface area contributed by atoms with Gasteiger partial charge in [0.25, 0.3) is 0 Å². The lowest BCUT2D eigenvalue weighted by molar-refractivity contribution is 1.04. The molecule has 68 valence electrons. The van der Waals surface area contributed by atoms with Gasteiger partial charge >= 0.3 is 0 Å². The summed E-state index contributed by atoms with van der Waals surface area (Å²) in [6.45, 7) is 0. The van der Waals surface area contributed by atoms with Crippen LogP contribution in [0.1, 0.15) is 5.56 Å². The van der Waals surface area contributed by atoms with Gasteiger partial charge in [-0.15, -0.1) is 0 Å². The van der Waals surface area contributed by atoms with Crippen LogP contribution in [0.3, 0.4) is 0 Å². The van der Waals surface area contributed by atoms with Gasteiger partial charge < -0.3 is 5.73 Å². The average Bonchev–Trinajstić information content (AvgIpc) is 2.03. The fourth-order valence-electron chi connectivity index (χ4n) is 0.757. The lowest BCUT2D eigenvalue weighted by atomic mass is 10.2. The molecule has 3 N–H and O–H groups in total. The predicted molar refractivity (Wildman–Crippen MR) is 59.0 cm³/mol. The molecule has 13 heavy (non-hydrogen) atoms. The molecule has 0 amide bonds. The highest BCUT2D eigenvalue weighted by atomic mass is 35.5. The molecule has 0 saturated heterocycles. The number of nitrogens with zero attached hydrogens (tertiary/aromatic N) is 1. The molecule has 0 unspecified atom stereocenters. The van der Waals surface area contributed by atoms with Crippen LogP contribution in [0.2, 0.25) is 5.02 Å². The molecule has 0 aliphatic rings. The second-order valence-electron chi connectivity index (χ2n) is 2.29. The lowest BCUT2D eigenvalue weighted by Gasteiger charge is -1.95. The predicted octanol–water partition coefficient (Wildman–Crippen LogP) is 1.51. The monoisotopic (exact) mass is 213 g/mol. The third kappa shape index (κ3) is 3.87. The molecule has 0 bridgehead atoms. The molecule has 0 fully saturated rings. The van der Waals surface area contributed by atoms with Crippen LogP contribution >= 0.6 is 23.8 Å². The average molecular weight is 214 g/mol. The van der Waals surface area contributed by atoms with Crippen molar-refractivity contribution in [2.45, 2.75) is 0 Å². The van der Waals surface area contributed by atoms with E-state index in [2.05, 4.69) is 22.7 Å². The number of nitrogens with two attached hydrogens (primary N) is 1. The van der Waals surface area contributed by atoms with Crippen molar-refractivity contribution in [3.63, 3.8) is 0 Å². The van der Waals surface area contributed by atoms with Gasteiger partial charge in [-0.3, -0.25) is 5.43 Å². The van der Waals surface area contributed by atoms with E-state index in [-0.39, 0.29) is 5.11 Å². The van der Waals surface area contributed by atoms with Crippen molar-refractivity contribution in [1.82, 2.24) is 5.43 Å². The Balaban J connectivity index is 2.63. The zero-order chi connectivity index (χ0) is 9.68. The van der Waals surface area contributed by atoms with E-state index in [1.165, 1.54) is 0 Å². The lowest BCUT2D eigenvalue weighted by Crippen LogP contribution is -2.23. The molecule has 0 aromatic heterocycles. The van der Waals surface area contributed by atoms with Crippen LogP contribution in [0, 0.1) is 0 Å². The maximum Gasteiger partial charge on any atom is 0.184 e. The second kappa shape index (κ2) is 4.79. The summed E-state index contributed by atoms with van der Waals surface area (Å²) in [5.74, 6) is 0. The highest BCUT2D eigenvalue weighted by Gasteiger charge is 1.88. The number of benzene rings is 1. The molecule has 5 heteroatoms. The van der Waals surface area contributed by atoms with Crippen LogP contribution in [0.15, 0.2) is 29.4 Å². The van der Waals surface area contributed by atoms with Crippen molar-refractivity contribution in [2.75, 3.05) is 0 Å². The van der Waals surface area contributed by atoms with E-state index in [0.717, 1.165) is 5.56 Å². The maximum atomic E-state index is 5.75. The smallest absolute Gasteiger partial charge is 0.184 e. The number of hydrogen-bond donors (Lipinski definition) is 2. The summed E-state index contributed by atoms with van der Waals surface area (Å²) < 4.78 is 0. The number of nitrogens with one attached hydrogen (secondary N) is 1. The first-order valence-electron chi connectivity index (χ1n) is 3.52.